The van der Waals surface area contributed by atoms with Crippen molar-refractivity contribution in [2.24, 2.45) is 5.92 Å². The zero-order valence-corrected chi connectivity index (χ0v) is 8.96. The molecule has 0 saturated heterocycles. The minimum absolute atomic E-state index is 0.319. The van der Waals surface area contributed by atoms with Crippen molar-refractivity contribution in [2.75, 3.05) is 0 Å². The molecule has 2 heterocycles. The van der Waals surface area contributed by atoms with Crippen LogP contribution < -0.4 is 0 Å². The molecule has 17 heavy (non-hydrogen) atoms. The fourth-order valence-corrected chi connectivity index (χ4v) is 2.31. The molecule has 86 valence electrons. The van der Waals surface area contributed by atoms with Crippen molar-refractivity contribution in [1.29, 1.82) is 0 Å². The number of carboxylic acid groups (broad SMARTS) is 1. The molecule has 1 atom stereocenters. The van der Waals surface area contributed by atoms with Crippen LogP contribution in [-0.2, 0) is 11.2 Å². The predicted molar refractivity (Wildman–Crippen MR) is 59.0 cm³/mol. The smallest absolute Gasteiger partial charge is 0.314 e. The van der Waals surface area contributed by atoms with Crippen molar-refractivity contribution in [3.63, 3.8) is 0 Å². The Bertz CT molecular complexity index is 630. The molecule has 1 unspecified atom stereocenters. The highest BCUT2D eigenvalue weighted by molar-refractivity contribution is 6.13. The fraction of sp³-hybridized carbons (Fsp3) is 0.250. The summed E-state index contributed by atoms with van der Waals surface area (Å²) in [6.07, 6.45) is 2.64. The van der Waals surface area contributed by atoms with Crippen molar-refractivity contribution in [3.8, 4) is 0 Å². The number of carbonyl (C=O) groups is 2. The summed E-state index contributed by atoms with van der Waals surface area (Å²) < 4.78 is 1.63. The number of aromatic nitrogens is 2. The zero-order chi connectivity index (χ0) is 12.0. The third-order valence-electron chi connectivity index (χ3n) is 3.14. The van der Waals surface area contributed by atoms with Crippen molar-refractivity contribution >= 4 is 17.3 Å². The van der Waals surface area contributed by atoms with Gasteiger partial charge in [-0.25, -0.2) is 4.52 Å². The third kappa shape index (κ3) is 1.35. The second-order valence-corrected chi connectivity index (χ2v) is 4.15. The maximum Gasteiger partial charge on any atom is 0.314 e. The largest absolute Gasteiger partial charge is 0.481 e. The molecule has 1 aliphatic rings. The Morgan fingerprint density at radius 2 is 2.29 bits per heavy atom. The van der Waals surface area contributed by atoms with E-state index < -0.39 is 11.9 Å². The van der Waals surface area contributed by atoms with E-state index in [-0.39, 0.29) is 5.78 Å². The van der Waals surface area contributed by atoms with Crippen LogP contribution in [0.3, 0.4) is 0 Å². The number of pyridine rings is 1. The van der Waals surface area contributed by atoms with Gasteiger partial charge in [-0.05, 0) is 25.0 Å². The molecule has 0 bridgehead atoms. The molecule has 0 aliphatic heterocycles. The van der Waals surface area contributed by atoms with Gasteiger partial charge in [-0.1, -0.05) is 6.07 Å². The first kappa shape index (κ1) is 10.0. The lowest BCUT2D eigenvalue weighted by atomic mass is 9.86. The molecule has 1 aliphatic carbocycles. The summed E-state index contributed by atoms with van der Waals surface area (Å²) in [5, 5.41) is 13.3. The Kier molecular flexibility index (Phi) is 2.01. The van der Waals surface area contributed by atoms with Crippen LogP contribution in [0.1, 0.15) is 22.5 Å². The van der Waals surface area contributed by atoms with E-state index in [1.54, 1.807) is 16.8 Å². The molecular formula is C12H10N2O3. The van der Waals surface area contributed by atoms with Gasteiger partial charge in [0.05, 0.1) is 16.8 Å². The van der Waals surface area contributed by atoms with E-state index in [0.29, 0.717) is 29.6 Å². The molecule has 0 radical (unpaired) electrons. The quantitative estimate of drug-likeness (QED) is 0.746. The summed E-state index contributed by atoms with van der Waals surface area (Å²) in [4.78, 5) is 23.1. The van der Waals surface area contributed by atoms with Crippen molar-refractivity contribution in [3.05, 3.63) is 35.7 Å². The van der Waals surface area contributed by atoms with Crippen molar-refractivity contribution in [1.82, 2.24) is 9.61 Å². The Morgan fingerprint density at radius 3 is 3.06 bits per heavy atom. The third-order valence-corrected chi connectivity index (χ3v) is 3.14. The van der Waals surface area contributed by atoms with Gasteiger partial charge in [-0.2, -0.15) is 5.10 Å². The lowest BCUT2D eigenvalue weighted by Gasteiger charge is -2.15. The van der Waals surface area contributed by atoms with Crippen LogP contribution in [-0.4, -0.2) is 26.5 Å². The van der Waals surface area contributed by atoms with Crippen LogP contribution in [0.4, 0.5) is 0 Å². The SMILES string of the molecule is O=C(O)C1CCc2nn3ccccc3c2C1=O. The number of fused-ring (bicyclic) bond motifs is 3. The minimum Gasteiger partial charge on any atom is -0.481 e. The maximum atomic E-state index is 12.1. The Balaban J connectivity index is 2.22. The van der Waals surface area contributed by atoms with Gasteiger partial charge in [0.2, 0.25) is 0 Å². The Morgan fingerprint density at radius 1 is 1.47 bits per heavy atom. The number of nitrogens with zero attached hydrogens (tertiary/aromatic N) is 2. The number of carboxylic acids is 1. The predicted octanol–water partition coefficient (Wildman–Crippen LogP) is 1.16. The molecule has 0 amide bonds. The summed E-state index contributed by atoms with van der Waals surface area (Å²) in [6.45, 7) is 0. The van der Waals surface area contributed by atoms with Crippen molar-refractivity contribution < 1.29 is 14.7 Å². The van der Waals surface area contributed by atoms with Gasteiger partial charge in [0, 0.05) is 6.20 Å². The van der Waals surface area contributed by atoms with E-state index in [1.807, 2.05) is 12.1 Å². The maximum absolute atomic E-state index is 12.1. The van der Waals surface area contributed by atoms with Crippen LogP contribution in [0.2, 0.25) is 0 Å². The lowest BCUT2D eigenvalue weighted by molar-refractivity contribution is -0.140. The van der Waals surface area contributed by atoms with E-state index >= 15 is 0 Å². The fourth-order valence-electron chi connectivity index (χ4n) is 2.31. The van der Waals surface area contributed by atoms with Crippen LogP contribution in [0, 0.1) is 5.92 Å². The first-order valence-electron chi connectivity index (χ1n) is 5.42. The molecule has 0 spiro atoms. The lowest BCUT2D eigenvalue weighted by Crippen LogP contribution is -2.28. The molecule has 0 saturated carbocycles. The highest BCUT2D eigenvalue weighted by Gasteiger charge is 2.35. The van der Waals surface area contributed by atoms with E-state index in [0.717, 1.165) is 0 Å². The van der Waals surface area contributed by atoms with Gasteiger partial charge in [0.1, 0.15) is 5.92 Å². The van der Waals surface area contributed by atoms with E-state index in [4.69, 9.17) is 5.11 Å². The number of hydrogen-bond donors (Lipinski definition) is 1. The van der Waals surface area contributed by atoms with Gasteiger partial charge in [0.25, 0.3) is 0 Å². The Hall–Kier alpha value is -2.17. The minimum atomic E-state index is -1.05. The highest BCUT2D eigenvalue weighted by atomic mass is 16.4. The number of carbonyl (C=O) groups excluding carboxylic acids is 1. The summed E-state index contributed by atoms with van der Waals surface area (Å²) in [7, 11) is 0. The summed E-state index contributed by atoms with van der Waals surface area (Å²) in [5.41, 5.74) is 1.88. The molecule has 5 heteroatoms. The van der Waals surface area contributed by atoms with Crippen LogP contribution in [0.15, 0.2) is 24.4 Å². The van der Waals surface area contributed by atoms with Crippen molar-refractivity contribution in [2.45, 2.75) is 12.8 Å². The number of hydrogen-bond acceptors (Lipinski definition) is 3. The topological polar surface area (TPSA) is 71.7 Å². The standard InChI is InChI=1S/C12H10N2O3/c15-11-7(12(16)17)4-5-8-10(11)9-3-1-2-6-14(9)13-8/h1-3,6-7H,4-5H2,(H,16,17). The van der Waals surface area contributed by atoms with Gasteiger partial charge in [0.15, 0.2) is 5.78 Å². The summed E-state index contributed by atoms with van der Waals surface area (Å²) >= 11 is 0. The molecule has 0 aromatic carbocycles. The molecular weight excluding hydrogens is 220 g/mol. The van der Waals surface area contributed by atoms with Gasteiger partial charge in [-0.3, -0.25) is 9.59 Å². The van der Waals surface area contributed by atoms with E-state index in [1.165, 1.54) is 0 Å². The summed E-state index contributed by atoms with van der Waals surface area (Å²) in [5.74, 6) is -2.29. The number of aliphatic carboxylic acids is 1. The van der Waals surface area contributed by atoms with Crippen LogP contribution in [0.5, 0.6) is 0 Å². The van der Waals surface area contributed by atoms with Crippen LogP contribution >= 0.6 is 0 Å². The van der Waals surface area contributed by atoms with E-state index in [2.05, 4.69) is 5.10 Å². The number of ketones is 1. The first-order chi connectivity index (χ1) is 8.18. The first-order valence-corrected chi connectivity index (χ1v) is 5.42. The number of rotatable bonds is 1. The molecule has 5 nitrogen and oxygen atoms in total. The molecule has 3 rings (SSSR count). The molecule has 2 aromatic heterocycles. The average molecular weight is 230 g/mol. The Labute approximate surface area is 96.7 Å². The zero-order valence-electron chi connectivity index (χ0n) is 8.96. The second kappa shape index (κ2) is 3.41. The van der Waals surface area contributed by atoms with Crippen LogP contribution in [0.25, 0.3) is 5.52 Å². The van der Waals surface area contributed by atoms with Gasteiger partial charge < -0.3 is 5.11 Å². The van der Waals surface area contributed by atoms with Gasteiger partial charge in [-0.15, -0.1) is 0 Å². The monoisotopic (exact) mass is 230 g/mol. The highest BCUT2D eigenvalue weighted by Crippen LogP contribution is 2.28. The van der Waals surface area contributed by atoms with E-state index in [9.17, 15) is 9.59 Å². The summed E-state index contributed by atoms with van der Waals surface area (Å²) in [6, 6.07) is 5.42. The normalized spacial score (nSPS) is 19.3. The number of aryl methyl sites for hydroxylation is 1. The molecule has 1 N–H and O–H groups in total. The molecule has 0 fully saturated rings. The second-order valence-electron chi connectivity index (χ2n) is 4.15. The average Bonchev–Trinajstić information content (AvgIpc) is 2.67. The van der Waals surface area contributed by atoms with Gasteiger partial charge >= 0.3 is 5.97 Å². The molecule has 2 aromatic rings. The number of Topliss-reactive ketones (excluding diaryl/α,β-unsaturated/α-hetero) is 1.